The second-order valence-corrected chi connectivity index (χ2v) is 16.7. The predicted molar refractivity (Wildman–Crippen MR) is 235 cm³/mol. The van der Waals surface area contributed by atoms with E-state index in [1.54, 1.807) is 12.1 Å². The largest absolute Gasteiger partial charge is 0.207 e. The van der Waals surface area contributed by atoms with Crippen LogP contribution in [0.2, 0.25) is 0 Å². The van der Waals surface area contributed by atoms with Crippen molar-refractivity contribution in [2.75, 3.05) is 0 Å². The van der Waals surface area contributed by atoms with Gasteiger partial charge in [0.1, 0.15) is 17.5 Å². The van der Waals surface area contributed by atoms with Crippen molar-refractivity contribution in [1.29, 1.82) is 0 Å². The molecule has 0 heterocycles. The van der Waals surface area contributed by atoms with E-state index in [9.17, 15) is 13.2 Å². The monoisotopic (exact) mass is 748 g/mol. The maximum atomic E-state index is 14.8. The molecule has 0 unspecified atom stereocenters. The van der Waals surface area contributed by atoms with E-state index in [0.717, 1.165) is 66.1 Å². The molecule has 0 amide bonds. The zero-order valence-corrected chi connectivity index (χ0v) is 31.6. The second-order valence-electron chi connectivity index (χ2n) is 16.7. The van der Waals surface area contributed by atoms with Gasteiger partial charge in [-0.05, 0) is 186 Å². The van der Waals surface area contributed by atoms with Crippen molar-refractivity contribution in [3.05, 3.63) is 180 Å². The Kier molecular flexibility index (Phi) is 6.04. The zero-order valence-electron chi connectivity index (χ0n) is 31.6. The van der Waals surface area contributed by atoms with E-state index in [2.05, 4.69) is 86.6 Å². The topological polar surface area (TPSA) is 0 Å². The minimum absolute atomic E-state index is 0.209. The van der Waals surface area contributed by atoms with Crippen LogP contribution in [0, 0.1) is 17.5 Å². The Labute approximate surface area is 331 Å². The molecule has 0 saturated heterocycles. The zero-order chi connectivity index (χ0) is 38.8. The molecule has 2 aliphatic rings. The van der Waals surface area contributed by atoms with Crippen LogP contribution >= 0.6 is 0 Å². The molecule has 3 heteroatoms. The number of hydrogen-bond acceptors (Lipinski definition) is 0. The number of fused-ring (bicyclic) bond motifs is 11. The summed E-state index contributed by atoms with van der Waals surface area (Å²) in [4.78, 5) is 0. The summed E-state index contributed by atoms with van der Waals surface area (Å²) in [6.07, 6.45) is 0. The van der Waals surface area contributed by atoms with Gasteiger partial charge >= 0.3 is 0 Å². The summed E-state index contributed by atoms with van der Waals surface area (Å²) in [6.45, 7) is 4.43. The van der Waals surface area contributed by atoms with Crippen molar-refractivity contribution in [2.45, 2.75) is 19.3 Å². The second kappa shape index (κ2) is 10.9. The SMILES string of the molecule is CC1(C)c2cc(F)ccc2-c2c1cc1c3ccc4c5c(ccc(c6cccc2c61)c53)-c1cc2c(-c3ccc(F)cc3)c3ccccc3c(-c3ccc(F)cc3)c2cc1-4. The normalized spacial score (nSPS) is 13.7. The van der Waals surface area contributed by atoms with Crippen LogP contribution in [-0.4, -0.2) is 0 Å². The van der Waals surface area contributed by atoms with E-state index in [1.807, 2.05) is 42.5 Å². The molecule has 272 valence electrons. The number of rotatable bonds is 2. The van der Waals surface area contributed by atoms with Crippen molar-refractivity contribution in [3.8, 4) is 55.6 Å². The van der Waals surface area contributed by atoms with Crippen LogP contribution < -0.4 is 0 Å². The summed E-state index contributed by atoms with van der Waals surface area (Å²) in [7, 11) is 0. The first-order valence-electron chi connectivity index (χ1n) is 19.8. The third-order valence-electron chi connectivity index (χ3n) is 13.5. The van der Waals surface area contributed by atoms with Crippen molar-refractivity contribution in [1.82, 2.24) is 0 Å². The van der Waals surface area contributed by atoms with Crippen LogP contribution in [0.25, 0.3) is 120 Å². The molecule has 0 saturated carbocycles. The molecule has 11 aromatic carbocycles. The lowest BCUT2D eigenvalue weighted by molar-refractivity contribution is 0.609. The van der Waals surface area contributed by atoms with Gasteiger partial charge in [-0.15, -0.1) is 0 Å². The summed E-state index contributed by atoms with van der Waals surface area (Å²) in [5.41, 5.74) is 12.9. The minimum Gasteiger partial charge on any atom is -0.207 e. The average molecular weight is 749 g/mol. The van der Waals surface area contributed by atoms with Gasteiger partial charge in [0.25, 0.3) is 0 Å². The fraction of sp³-hybridized carbons (Fsp3) is 0.0545. The fourth-order valence-corrected chi connectivity index (χ4v) is 11.0. The van der Waals surface area contributed by atoms with Gasteiger partial charge in [-0.2, -0.15) is 0 Å². The third kappa shape index (κ3) is 3.96. The van der Waals surface area contributed by atoms with Crippen LogP contribution in [0.1, 0.15) is 25.0 Å². The Morgan fingerprint density at radius 3 is 1.41 bits per heavy atom. The Morgan fingerprint density at radius 1 is 0.310 bits per heavy atom. The lowest BCUT2D eigenvalue weighted by atomic mass is 9.79. The number of benzene rings is 11. The molecule has 0 radical (unpaired) electrons. The summed E-state index contributed by atoms with van der Waals surface area (Å²) < 4.78 is 43.6. The van der Waals surface area contributed by atoms with Crippen LogP contribution in [-0.2, 0) is 5.41 Å². The standard InChI is InChI=1S/C55H31F3/c1-55(2)47-24-32(58)18-19-40(47)52-41-9-5-8-35-36-20-21-37-42-25-44-45(26-43(42)38-22-23-39(53(36)54(37)38)46(51(35)41)27-48(52)55)50(29-12-16-31(57)17-13-29)34-7-4-3-6-33(34)49(44)28-10-14-30(56)15-11-28/h3-27H,1-2H3. The van der Waals surface area contributed by atoms with E-state index in [4.69, 9.17) is 0 Å². The van der Waals surface area contributed by atoms with E-state index in [-0.39, 0.29) is 22.9 Å². The molecule has 0 bridgehead atoms. The maximum absolute atomic E-state index is 14.8. The predicted octanol–water partition coefficient (Wildman–Crippen LogP) is 15.7. The highest BCUT2D eigenvalue weighted by atomic mass is 19.1. The molecule has 2 aliphatic carbocycles. The lowest BCUT2D eigenvalue weighted by Crippen LogP contribution is -2.15. The summed E-state index contributed by atoms with van der Waals surface area (Å²) in [6, 6.07) is 50.1. The molecule has 0 spiro atoms. The molecule has 13 rings (SSSR count). The minimum atomic E-state index is -0.368. The van der Waals surface area contributed by atoms with Crippen molar-refractivity contribution in [2.24, 2.45) is 0 Å². The molecule has 0 atom stereocenters. The Balaban J connectivity index is 1.16. The third-order valence-corrected chi connectivity index (χ3v) is 13.5. The summed E-state index contributed by atoms with van der Waals surface area (Å²) >= 11 is 0. The van der Waals surface area contributed by atoms with E-state index < -0.39 is 0 Å². The summed E-state index contributed by atoms with van der Waals surface area (Å²) in [5.74, 6) is -0.763. The first kappa shape index (κ1) is 32.2. The smallest absolute Gasteiger partial charge is 0.123 e. The number of halogens is 3. The van der Waals surface area contributed by atoms with Gasteiger partial charge < -0.3 is 0 Å². The number of hydrogen-bond donors (Lipinski definition) is 0. The first-order chi connectivity index (χ1) is 28.3. The van der Waals surface area contributed by atoms with Gasteiger partial charge in [-0.1, -0.05) is 111 Å². The summed E-state index contributed by atoms with van der Waals surface area (Å²) in [5, 5.41) is 14.0. The van der Waals surface area contributed by atoms with Crippen molar-refractivity contribution in [3.63, 3.8) is 0 Å². The van der Waals surface area contributed by atoms with Crippen LogP contribution in [0.4, 0.5) is 13.2 Å². The van der Waals surface area contributed by atoms with Crippen molar-refractivity contribution >= 4 is 64.6 Å². The van der Waals surface area contributed by atoms with Gasteiger partial charge in [0.15, 0.2) is 0 Å². The fourth-order valence-electron chi connectivity index (χ4n) is 11.0. The van der Waals surface area contributed by atoms with Gasteiger partial charge in [-0.25, -0.2) is 13.2 Å². The molecule has 11 aromatic rings. The first-order valence-corrected chi connectivity index (χ1v) is 19.8. The Hall–Kier alpha value is -6.97. The Morgan fingerprint density at radius 2 is 0.810 bits per heavy atom. The highest BCUT2D eigenvalue weighted by Gasteiger charge is 2.38. The quantitative estimate of drug-likeness (QED) is 0.122. The van der Waals surface area contributed by atoms with Crippen LogP contribution in [0.15, 0.2) is 152 Å². The van der Waals surface area contributed by atoms with Gasteiger partial charge in [0.2, 0.25) is 0 Å². The highest BCUT2D eigenvalue weighted by molar-refractivity contribution is 6.39. The van der Waals surface area contributed by atoms with E-state index >= 15 is 0 Å². The van der Waals surface area contributed by atoms with Crippen LogP contribution in [0.5, 0.6) is 0 Å². The van der Waals surface area contributed by atoms with E-state index in [1.165, 1.54) is 89.6 Å². The molecule has 0 aliphatic heterocycles. The van der Waals surface area contributed by atoms with Gasteiger partial charge in [0.05, 0.1) is 0 Å². The highest BCUT2D eigenvalue weighted by Crippen LogP contribution is 2.58. The maximum Gasteiger partial charge on any atom is 0.123 e. The van der Waals surface area contributed by atoms with Gasteiger partial charge in [-0.3, -0.25) is 0 Å². The molecule has 0 fully saturated rings. The van der Waals surface area contributed by atoms with Crippen molar-refractivity contribution < 1.29 is 13.2 Å². The van der Waals surface area contributed by atoms with E-state index in [0.29, 0.717) is 0 Å². The molecule has 58 heavy (non-hydrogen) atoms. The average Bonchev–Trinajstić information content (AvgIpc) is 3.67. The Bertz CT molecular complexity index is 3530. The molecule has 0 aromatic heterocycles. The molecular weight excluding hydrogens is 718 g/mol. The molecule has 0 nitrogen and oxygen atoms in total. The lowest BCUT2D eigenvalue weighted by Gasteiger charge is -2.23. The van der Waals surface area contributed by atoms with Gasteiger partial charge in [0, 0.05) is 5.41 Å². The van der Waals surface area contributed by atoms with Crippen LogP contribution in [0.3, 0.4) is 0 Å². The molecular formula is C55H31F3. The molecule has 0 N–H and O–H groups in total.